The van der Waals surface area contributed by atoms with E-state index in [0.29, 0.717) is 5.75 Å². The zero-order valence-electron chi connectivity index (χ0n) is 9.83. The van der Waals surface area contributed by atoms with E-state index < -0.39 is 9.84 Å². The van der Waals surface area contributed by atoms with Crippen LogP contribution >= 0.6 is 0 Å². The van der Waals surface area contributed by atoms with E-state index in [1.807, 2.05) is 0 Å². The quantitative estimate of drug-likeness (QED) is 0.861. The lowest BCUT2D eigenvalue weighted by molar-refractivity contribution is 0.403. The molecule has 0 atom stereocenters. The standard InChI is InChI=1S/C13H13NO3S/c1-17-11-7-3-5-9-13(11)18(15,16)12-8-4-2-6-10(12)14/h2-9H,14H2,1H3. The van der Waals surface area contributed by atoms with Gasteiger partial charge in [0.2, 0.25) is 9.84 Å². The third-order valence-electron chi connectivity index (χ3n) is 2.57. The number of methoxy groups -OCH3 is 1. The molecule has 0 spiro atoms. The Morgan fingerprint density at radius 2 is 1.50 bits per heavy atom. The second-order valence-electron chi connectivity index (χ2n) is 3.69. The van der Waals surface area contributed by atoms with E-state index in [-0.39, 0.29) is 15.5 Å². The van der Waals surface area contributed by atoms with E-state index in [1.54, 1.807) is 36.4 Å². The van der Waals surface area contributed by atoms with Crippen molar-refractivity contribution in [1.29, 1.82) is 0 Å². The first kappa shape index (κ1) is 12.4. The molecule has 0 fully saturated rings. The molecule has 0 saturated carbocycles. The summed E-state index contributed by atoms with van der Waals surface area (Å²) in [5, 5.41) is 0. The number of hydrogen-bond donors (Lipinski definition) is 1. The molecule has 0 heterocycles. The predicted molar refractivity (Wildman–Crippen MR) is 69.3 cm³/mol. The molecule has 4 nitrogen and oxygen atoms in total. The third-order valence-corrected chi connectivity index (χ3v) is 4.43. The van der Waals surface area contributed by atoms with Crippen LogP contribution in [0.5, 0.6) is 5.75 Å². The zero-order chi connectivity index (χ0) is 13.2. The zero-order valence-corrected chi connectivity index (χ0v) is 10.6. The molecule has 0 aliphatic carbocycles. The highest BCUT2D eigenvalue weighted by Crippen LogP contribution is 2.31. The van der Waals surface area contributed by atoms with Gasteiger partial charge in [0.05, 0.1) is 17.7 Å². The second-order valence-corrected chi connectivity index (χ2v) is 5.58. The normalized spacial score (nSPS) is 11.2. The van der Waals surface area contributed by atoms with Crippen LogP contribution < -0.4 is 10.5 Å². The van der Waals surface area contributed by atoms with Gasteiger partial charge < -0.3 is 10.5 Å². The Balaban J connectivity index is 2.66. The monoisotopic (exact) mass is 263 g/mol. The van der Waals surface area contributed by atoms with Gasteiger partial charge in [-0.1, -0.05) is 24.3 Å². The maximum Gasteiger partial charge on any atom is 0.212 e. The molecule has 5 heteroatoms. The SMILES string of the molecule is COc1ccccc1S(=O)(=O)c1ccccc1N. The Morgan fingerprint density at radius 3 is 2.11 bits per heavy atom. The van der Waals surface area contributed by atoms with E-state index in [9.17, 15) is 8.42 Å². The highest BCUT2D eigenvalue weighted by atomic mass is 32.2. The summed E-state index contributed by atoms with van der Waals surface area (Å²) in [6.07, 6.45) is 0. The molecule has 2 aromatic carbocycles. The minimum atomic E-state index is -3.66. The lowest BCUT2D eigenvalue weighted by Gasteiger charge is -2.10. The van der Waals surface area contributed by atoms with Gasteiger partial charge >= 0.3 is 0 Å². The maximum absolute atomic E-state index is 12.5. The van der Waals surface area contributed by atoms with E-state index >= 15 is 0 Å². The molecule has 0 unspecified atom stereocenters. The molecule has 2 aromatic rings. The number of ether oxygens (including phenoxy) is 1. The second kappa shape index (κ2) is 4.70. The summed E-state index contributed by atoms with van der Waals surface area (Å²) in [4.78, 5) is 0.208. The van der Waals surface area contributed by atoms with Crippen LogP contribution in [-0.2, 0) is 9.84 Å². The Morgan fingerprint density at radius 1 is 0.944 bits per heavy atom. The number of anilines is 1. The smallest absolute Gasteiger partial charge is 0.212 e. The largest absolute Gasteiger partial charge is 0.495 e. The predicted octanol–water partition coefficient (Wildman–Crippen LogP) is 2.11. The van der Waals surface area contributed by atoms with Gasteiger partial charge in [-0.2, -0.15) is 0 Å². The van der Waals surface area contributed by atoms with Crippen molar-refractivity contribution in [3.8, 4) is 5.75 Å². The van der Waals surface area contributed by atoms with Gasteiger partial charge in [0, 0.05) is 0 Å². The maximum atomic E-state index is 12.5. The fraction of sp³-hybridized carbons (Fsp3) is 0.0769. The van der Waals surface area contributed by atoms with Crippen LogP contribution in [0.25, 0.3) is 0 Å². The number of sulfone groups is 1. The Hall–Kier alpha value is -2.01. The molecule has 0 aliphatic rings. The van der Waals surface area contributed by atoms with Crippen molar-refractivity contribution in [2.75, 3.05) is 12.8 Å². The molecule has 94 valence electrons. The number of rotatable bonds is 3. The molecular weight excluding hydrogens is 250 g/mol. The van der Waals surface area contributed by atoms with Gasteiger partial charge in [-0.05, 0) is 24.3 Å². The summed E-state index contributed by atoms with van der Waals surface area (Å²) in [6, 6.07) is 12.8. The van der Waals surface area contributed by atoms with Crippen molar-refractivity contribution in [2.24, 2.45) is 0 Å². The molecule has 0 radical (unpaired) electrons. The lowest BCUT2D eigenvalue weighted by Crippen LogP contribution is -2.06. The molecule has 0 aliphatic heterocycles. The molecule has 0 amide bonds. The number of nitrogens with two attached hydrogens (primary N) is 1. The van der Waals surface area contributed by atoms with Crippen molar-refractivity contribution in [3.05, 3.63) is 48.5 Å². The average molecular weight is 263 g/mol. The Kier molecular flexibility index (Phi) is 3.25. The summed E-state index contributed by atoms with van der Waals surface area (Å²) in [6.45, 7) is 0. The van der Waals surface area contributed by atoms with Gasteiger partial charge in [0.25, 0.3) is 0 Å². The summed E-state index contributed by atoms with van der Waals surface area (Å²) in [7, 11) is -2.23. The highest BCUT2D eigenvalue weighted by molar-refractivity contribution is 7.91. The van der Waals surface area contributed by atoms with Crippen molar-refractivity contribution in [3.63, 3.8) is 0 Å². The van der Waals surface area contributed by atoms with Gasteiger partial charge in [0.15, 0.2) is 0 Å². The number of benzene rings is 2. The van der Waals surface area contributed by atoms with Crippen LogP contribution in [-0.4, -0.2) is 15.5 Å². The number of para-hydroxylation sites is 2. The summed E-state index contributed by atoms with van der Waals surface area (Å²) < 4.78 is 30.0. The van der Waals surface area contributed by atoms with Crippen LogP contribution in [0.2, 0.25) is 0 Å². The van der Waals surface area contributed by atoms with E-state index in [2.05, 4.69) is 0 Å². The van der Waals surface area contributed by atoms with Crippen LogP contribution in [0, 0.1) is 0 Å². The Bertz CT molecular complexity index is 665. The van der Waals surface area contributed by atoms with Gasteiger partial charge in [-0.25, -0.2) is 8.42 Å². The molecule has 2 N–H and O–H groups in total. The van der Waals surface area contributed by atoms with Crippen molar-refractivity contribution < 1.29 is 13.2 Å². The first-order valence-electron chi connectivity index (χ1n) is 5.30. The Labute approximate surface area is 106 Å². The molecule has 18 heavy (non-hydrogen) atoms. The van der Waals surface area contributed by atoms with Gasteiger partial charge in [0.1, 0.15) is 10.6 Å². The lowest BCUT2D eigenvalue weighted by atomic mass is 10.3. The number of nitrogen functional groups attached to an aromatic ring is 1. The minimum absolute atomic E-state index is 0.0921. The van der Waals surface area contributed by atoms with Crippen LogP contribution in [0.1, 0.15) is 0 Å². The fourth-order valence-corrected chi connectivity index (χ4v) is 3.23. The average Bonchev–Trinajstić information content (AvgIpc) is 2.39. The molecular formula is C13H13NO3S. The topological polar surface area (TPSA) is 69.4 Å². The summed E-state index contributed by atoms with van der Waals surface area (Å²) in [5.74, 6) is 0.306. The van der Waals surface area contributed by atoms with Crippen molar-refractivity contribution in [2.45, 2.75) is 9.79 Å². The molecule has 0 saturated heterocycles. The van der Waals surface area contributed by atoms with E-state index in [4.69, 9.17) is 10.5 Å². The van der Waals surface area contributed by atoms with E-state index in [1.165, 1.54) is 19.2 Å². The van der Waals surface area contributed by atoms with Gasteiger partial charge in [-0.3, -0.25) is 0 Å². The van der Waals surface area contributed by atoms with Crippen molar-refractivity contribution >= 4 is 15.5 Å². The van der Waals surface area contributed by atoms with Gasteiger partial charge in [-0.15, -0.1) is 0 Å². The first-order chi connectivity index (χ1) is 8.57. The van der Waals surface area contributed by atoms with Crippen LogP contribution in [0.3, 0.4) is 0 Å². The fourth-order valence-electron chi connectivity index (χ4n) is 1.68. The third kappa shape index (κ3) is 2.04. The van der Waals surface area contributed by atoms with Crippen LogP contribution in [0.4, 0.5) is 5.69 Å². The first-order valence-corrected chi connectivity index (χ1v) is 6.78. The number of hydrogen-bond acceptors (Lipinski definition) is 4. The summed E-state index contributed by atoms with van der Waals surface area (Å²) in [5.41, 5.74) is 5.94. The minimum Gasteiger partial charge on any atom is -0.495 e. The molecule has 0 bridgehead atoms. The summed E-state index contributed by atoms with van der Waals surface area (Å²) >= 11 is 0. The molecule has 0 aromatic heterocycles. The van der Waals surface area contributed by atoms with E-state index in [0.717, 1.165) is 0 Å². The van der Waals surface area contributed by atoms with Crippen LogP contribution in [0.15, 0.2) is 58.3 Å². The van der Waals surface area contributed by atoms with Crippen molar-refractivity contribution in [1.82, 2.24) is 0 Å². The highest BCUT2D eigenvalue weighted by Gasteiger charge is 2.23. The molecule has 2 rings (SSSR count).